The number of benzene rings is 4. The zero-order valence-electron chi connectivity index (χ0n) is 50.3. The van der Waals surface area contributed by atoms with Crippen LogP contribution in [0.15, 0.2) is 132 Å². The van der Waals surface area contributed by atoms with Crippen molar-refractivity contribution in [1.29, 1.82) is 0 Å². The number of hydrogen-bond donors (Lipinski definition) is 4. The molecule has 4 aliphatic heterocycles. The highest BCUT2D eigenvalue weighted by molar-refractivity contribution is 7.10. The molecule has 4 aliphatic rings. The highest BCUT2D eigenvalue weighted by atomic mass is 32.1. The molecule has 4 saturated heterocycles. The maximum atomic E-state index is 15.2. The number of carbonyl (C=O) groups is 6. The first-order valence-corrected chi connectivity index (χ1v) is 31.7. The Hall–Kier alpha value is -8.04. The number of rotatable bonds is 22. The molecule has 4 aromatic carbocycles. The Bertz CT molecular complexity index is 3200. The quantitative estimate of drug-likeness (QED) is 0.0501. The Balaban J connectivity index is 0.827. The van der Waals surface area contributed by atoms with Crippen molar-refractivity contribution in [1.82, 2.24) is 50.8 Å². The fourth-order valence-electron chi connectivity index (χ4n) is 12.1. The van der Waals surface area contributed by atoms with E-state index in [1.807, 2.05) is 132 Å². The molecule has 12 atom stereocenters. The summed E-state index contributed by atoms with van der Waals surface area (Å²) in [7, 11) is 3.32. The van der Waals surface area contributed by atoms with Crippen molar-refractivity contribution in [2.45, 2.75) is 126 Å². The molecule has 0 spiro atoms. The van der Waals surface area contributed by atoms with Gasteiger partial charge in [-0.15, -0.1) is 22.7 Å². The van der Waals surface area contributed by atoms with Gasteiger partial charge in [0, 0.05) is 48.1 Å². The summed E-state index contributed by atoms with van der Waals surface area (Å²) in [6.45, 7) is 7.85. The van der Waals surface area contributed by atoms with Gasteiger partial charge < -0.3 is 59.8 Å². The first-order chi connectivity index (χ1) is 42.7. The van der Waals surface area contributed by atoms with Gasteiger partial charge >= 0.3 is 12.2 Å². The minimum Gasteiger partial charge on any atom is -0.445 e. The lowest BCUT2D eigenvalue weighted by Gasteiger charge is -2.33. The number of nitrogens with one attached hydrogen (secondary N) is 4. The van der Waals surface area contributed by atoms with Crippen LogP contribution in [0.3, 0.4) is 0 Å². The van der Waals surface area contributed by atoms with Gasteiger partial charge in [0.1, 0.15) is 48.5 Å². The predicted molar refractivity (Wildman–Crippen MR) is 335 cm³/mol. The number of likely N-dealkylation sites (tertiary alicyclic amines) is 4. The molecule has 10 rings (SSSR count). The molecule has 0 radical (unpaired) electrons. The molecule has 0 unspecified atom stereocenters. The van der Waals surface area contributed by atoms with Gasteiger partial charge in [-0.1, -0.05) is 133 Å². The molecule has 6 amide bonds. The van der Waals surface area contributed by atoms with Crippen LogP contribution >= 0.6 is 22.7 Å². The SMILES string of the molecule is CN[C@@H](C)C(=O)N[C@H](C(=O)N1CC[C@@H]2[C@H]1[C@@H](c1nc(-c3ccccc3)cs1)CN2C(=O)OCc1ccccc1)[C@@H](C)OCC#CCO[C@H](C)[C@H](NC(=O)[C@H](C)NC)C(=O)N1CC[C@@H]2[C@H]1[C@@H](c1nc(-c3ccccc3)cs1)CN2C(=O)OCc1ccccc1. The Labute approximate surface area is 521 Å². The van der Waals surface area contributed by atoms with Crippen molar-refractivity contribution >= 4 is 58.5 Å². The average Bonchev–Trinajstić information content (AvgIpc) is 1.73. The smallest absolute Gasteiger partial charge is 0.410 e. The van der Waals surface area contributed by atoms with Crippen LogP contribution in [0.2, 0.25) is 0 Å². The van der Waals surface area contributed by atoms with Gasteiger partial charge in [0.15, 0.2) is 0 Å². The Morgan fingerprint density at radius 1 is 0.534 bits per heavy atom. The molecular weight excluding hydrogens is 1160 g/mol. The van der Waals surface area contributed by atoms with Crippen LogP contribution in [-0.2, 0) is 51.3 Å². The summed E-state index contributed by atoms with van der Waals surface area (Å²) in [6, 6.07) is 33.3. The van der Waals surface area contributed by atoms with Gasteiger partial charge in [0.25, 0.3) is 0 Å². The monoisotopic (exact) mass is 1230 g/mol. The van der Waals surface area contributed by atoms with Gasteiger partial charge in [-0.3, -0.25) is 19.2 Å². The van der Waals surface area contributed by atoms with E-state index in [2.05, 4.69) is 33.1 Å². The van der Waals surface area contributed by atoms with E-state index in [0.717, 1.165) is 43.7 Å². The number of likely N-dealkylation sites (N-methyl/N-ethyl adjacent to an activating group) is 2. The van der Waals surface area contributed by atoms with Crippen LogP contribution in [0.5, 0.6) is 0 Å². The van der Waals surface area contributed by atoms with Crippen LogP contribution in [0.25, 0.3) is 22.5 Å². The number of fused-ring (bicyclic) bond motifs is 2. The lowest BCUT2D eigenvalue weighted by atomic mass is 9.98. The third-order valence-corrected chi connectivity index (χ3v) is 19.1. The highest BCUT2D eigenvalue weighted by Gasteiger charge is 2.56. The Kier molecular flexibility index (Phi) is 21.0. The van der Waals surface area contributed by atoms with Crippen LogP contribution in [0.1, 0.15) is 73.5 Å². The Morgan fingerprint density at radius 2 is 0.898 bits per heavy atom. The first-order valence-electron chi connectivity index (χ1n) is 29.9. The number of thiazole rings is 2. The van der Waals surface area contributed by atoms with E-state index in [0.29, 0.717) is 25.9 Å². The van der Waals surface area contributed by atoms with Gasteiger partial charge in [-0.2, -0.15) is 0 Å². The minimum absolute atomic E-state index is 0.0920. The number of hydrogen-bond acceptors (Lipinski definition) is 16. The first kappa shape index (κ1) is 63.0. The normalized spacial score (nSPS) is 21.4. The van der Waals surface area contributed by atoms with Crippen LogP contribution in [-0.4, -0.2) is 179 Å². The number of ether oxygens (including phenoxy) is 4. The maximum absolute atomic E-state index is 15.2. The van der Waals surface area contributed by atoms with Gasteiger partial charge in [-0.25, -0.2) is 19.6 Å². The van der Waals surface area contributed by atoms with Gasteiger partial charge in [0.05, 0.1) is 71.7 Å². The van der Waals surface area contributed by atoms with E-state index >= 15 is 9.59 Å². The van der Waals surface area contributed by atoms with E-state index in [9.17, 15) is 19.2 Å². The topological polar surface area (TPSA) is 226 Å². The Morgan fingerprint density at radius 3 is 1.26 bits per heavy atom. The fraction of sp³-hybridized carbons (Fsp3) is 0.424. The van der Waals surface area contributed by atoms with E-state index in [-0.39, 0.29) is 75.3 Å². The highest BCUT2D eigenvalue weighted by Crippen LogP contribution is 2.45. The summed E-state index contributed by atoms with van der Waals surface area (Å²) < 4.78 is 24.3. The molecule has 4 N–H and O–H groups in total. The summed E-state index contributed by atoms with van der Waals surface area (Å²) >= 11 is 2.97. The third kappa shape index (κ3) is 14.4. The molecule has 0 bridgehead atoms. The number of aromatic nitrogens is 2. The lowest BCUT2D eigenvalue weighted by Crippen LogP contribution is -2.58. The molecular formula is C66H76N10O10S2. The van der Waals surface area contributed by atoms with Crippen molar-refractivity contribution in [2.75, 3.05) is 53.5 Å². The number of amides is 6. The maximum Gasteiger partial charge on any atom is 0.410 e. The summed E-state index contributed by atoms with van der Waals surface area (Å²) in [5.74, 6) is 3.69. The van der Waals surface area contributed by atoms with E-state index in [4.69, 9.17) is 28.9 Å². The standard InChI is InChI=1S/C66H76N10O10S2/c1-41(67-5)59(77)71-55(63(79)73-31-29-53-57(73)49(61-69-51(39-87-61)47-25-15-9-16-26-47)35-75(53)65(81)85-37-45-21-11-7-12-22-45)43(3)83-33-19-20-34-84-44(4)56(72-60(78)42(2)68-6)64(80)74-32-30-54-58(74)50(62-70-52(40-88-62)48-27-17-10-18-28-48)36-76(54)66(82)86-38-46-23-13-8-14-24-46/h7-18,21-28,39-44,49-50,53-58,67-68H,29-38H2,1-6H3,(H,71,77)(H,72,78)/t41-,42-,43+,44+,49-,50-,53+,54+,55-,56-,57+,58+/m0/s1. The number of nitrogens with zero attached hydrogens (tertiary/aromatic N) is 6. The zero-order chi connectivity index (χ0) is 61.8. The van der Waals surface area contributed by atoms with E-state index < -0.39 is 72.5 Å². The van der Waals surface area contributed by atoms with Crippen molar-refractivity contribution < 1.29 is 47.7 Å². The summed E-state index contributed by atoms with van der Waals surface area (Å²) in [4.78, 5) is 103. The van der Waals surface area contributed by atoms with E-state index in [1.54, 1.807) is 61.4 Å². The predicted octanol–water partition coefficient (Wildman–Crippen LogP) is 7.04. The molecule has 6 aromatic rings. The van der Waals surface area contributed by atoms with Crippen molar-refractivity contribution in [2.24, 2.45) is 0 Å². The van der Waals surface area contributed by atoms with Crippen LogP contribution in [0, 0.1) is 11.8 Å². The average molecular weight is 1230 g/mol. The van der Waals surface area contributed by atoms with Crippen molar-refractivity contribution in [3.8, 4) is 34.4 Å². The molecule has 0 saturated carbocycles. The minimum atomic E-state index is -1.15. The van der Waals surface area contributed by atoms with Crippen molar-refractivity contribution in [3.63, 3.8) is 0 Å². The fourth-order valence-corrected chi connectivity index (χ4v) is 14.0. The summed E-state index contributed by atoms with van der Waals surface area (Å²) in [6.07, 6.45) is -1.76. The molecule has 22 heteroatoms. The van der Waals surface area contributed by atoms with Gasteiger partial charge in [0.2, 0.25) is 23.6 Å². The second kappa shape index (κ2) is 29.3. The summed E-state index contributed by atoms with van der Waals surface area (Å²) in [5, 5.41) is 17.4. The summed E-state index contributed by atoms with van der Waals surface area (Å²) in [5.41, 5.74) is 5.19. The molecule has 88 heavy (non-hydrogen) atoms. The zero-order valence-corrected chi connectivity index (χ0v) is 51.9. The van der Waals surface area contributed by atoms with E-state index in [1.165, 1.54) is 22.7 Å². The third-order valence-electron chi connectivity index (χ3n) is 17.2. The molecule has 6 heterocycles. The van der Waals surface area contributed by atoms with Crippen LogP contribution in [0.4, 0.5) is 9.59 Å². The molecule has 462 valence electrons. The van der Waals surface area contributed by atoms with Crippen molar-refractivity contribution in [3.05, 3.63) is 153 Å². The van der Waals surface area contributed by atoms with Crippen LogP contribution < -0.4 is 21.3 Å². The number of carbonyl (C=O) groups excluding carboxylic acids is 6. The molecule has 2 aromatic heterocycles. The molecule has 0 aliphatic carbocycles. The second-order valence-corrected chi connectivity index (χ2v) is 24.4. The molecule has 4 fully saturated rings. The lowest BCUT2D eigenvalue weighted by molar-refractivity contribution is -0.142. The second-order valence-electron chi connectivity index (χ2n) is 22.6. The largest absolute Gasteiger partial charge is 0.445 e. The van der Waals surface area contributed by atoms with Gasteiger partial charge in [-0.05, 0) is 65.8 Å². The molecule has 20 nitrogen and oxygen atoms in total.